The van der Waals surface area contributed by atoms with E-state index < -0.39 is 0 Å². The second-order valence-corrected chi connectivity index (χ2v) is 4.83. The first-order chi connectivity index (χ1) is 7.26. The monoisotopic (exact) mass is 222 g/mol. The highest BCUT2D eigenvalue weighted by Crippen LogP contribution is 2.13. The average molecular weight is 222 g/mol. The molecule has 0 spiro atoms. The number of hydrogen-bond donors (Lipinski definition) is 1. The van der Waals surface area contributed by atoms with E-state index in [1.807, 2.05) is 11.4 Å². The lowest BCUT2D eigenvalue weighted by Crippen LogP contribution is -2.24. The number of hydrogen-bond acceptors (Lipinski definition) is 3. The molecule has 0 saturated carbocycles. The molecule has 0 amide bonds. The summed E-state index contributed by atoms with van der Waals surface area (Å²) in [5, 5.41) is 14.1. The SMILES string of the molecule is CCCCC(C)NCc1cc(C#N)cs1. The van der Waals surface area contributed by atoms with Crippen LogP contribution in [-0.4, -0.2) is 6.04 Å². The molecule has 1 atom stereocenters. The van der Waals surface area contributed by atoms with Crippen molar-refractivity contribution in [3.63, 3.8) is 0 Å². The molecule has 0 radical (unpaired) electrons. The minimum absolute atomic E-state index is 0.567. The maximum atomic E-state index is 8.68. The van der Waals surface area contributed by atoms with Crippen molar-refractivity contribution in [3.8, 4) is 6.07 Å². The van der Waals surface area contributed by atoms with Crippen molar-refractivity contribution in [1.29, 1.82) is 5.26 Å². The maximum Gasteiger partial charge on any atom is 0.100 e. The zero-order valence-electron chi connectivity index (χ0n) is 9.42. The van der Waals surface area contributed by atoms with E-state index in [0.29, 0.717) is 6.04 Å². The van der Waals surface area contributed by atoms with Crippen molar-refractivity contribution in [3.05, 3.63) is 21.9 Å². The molecule has 15 heavy (non-hydrogen) atoms. The largest absolute Gasteiger partial charge is 0.309 e. The van der Waals surface area contributed by atoms with Crippen LogP contribution in [0.15, 0.2) is 11.4 Å². The van der Waals surface area contributed by atoms with E-state index in [0.717, 1.165) is 12.1 Å². The summed E-state index contributed by atoms with van der Waals surface area (Å²) in [6.07, 6.45) is 3.76. The van der Waals surface area contributed by atoms with Crippen LogP contribution >= 0.6 is 11.3 Å². The molecule has 0 aliphatic heterocycles. The lowest BCUT2D eigenvalue weighted by atomic mass is 10.1. The molecule has 2 nitrogen and oxygen atoms in total. The summed E-state index contributed by atoms with van der Waals surface area (Å²) in [6, 6.07) is 4.68. The van der Waals surface area contributed by atoms with Crippen molar-refractivity contribution in [2.24, 2.45) is 0 Å². The topological polar surface area (TPSA) is 35.8 Å². The Labute approximate surface area is 95.9 Å². The van der Waals surface area contributed by atoms with Gasteiger partial charge >= 0.3 is 0 Å². The molecule has 1 unspecified atom stereocenters. The standard InChI is InChI=1S/C12H18N2S/c1-3-4-5-10(2)14-8-12-6-11(7-13)9-15-12/h6,9-10,14H,3-5,8H2,1-2H3. The lowest BCUT2D eigenvalue weighted by Gasteiger charge is -2.11. The first-order valence-electron chi connectivity index (χ1n) is 5.47. The highest BCUT2D eigenvalue weighted by Gasteiger charge is 2.02. The Kier molecular flexibility index (Phi) is 5.38. The predicted octanol–water partition coefficient (Wildman–Crippen LogP) is 3.29. The molecule has 0 aromatic carbocycles. The van der Waals surface area contributed by atoms with Crippen molar-refractivity contribution >= 4 is 11.3 Å². The van der Waals surface area contributed by atoms with Gasteiger partial charge in [-0.05, 0) is 19.4 Å². The van der Waals surface area contributed by atoms with E-state index in [4.69, 9.17) is 5.26 Å². The second kappa shape index (κ2) is 6.60. The third-order valence-corrected chi connectivity index (χ3v) is 3.34. The molecule has 1 rings (SSSR count). The first-order valence-corrected chi connectivity index (χ1v) is 6.35. The van der Waals surface area contributed by atoms with Gasteiger partial charge < -0.3 is 5.32 Å². The number of unbranched alkanes of at least 4 members (excludes halogenated alkanes) is 1. The van der Waals surface area contributed by atoms with E-state index >= 15 is 0 Å². The summed E-state index contributed by atoms with van der Waals surface area (Å²) in [4.78, 5) is 1.25. The van der Waals surface area contributed by atoms with Crippen molar-refractivity contribution in [1.82, 2.24) is 5.32 Å². The number of rotatable bonds is 6. The molecule has 0 fully saturated rings. The Hall–Kier alpha value is -0.850. The molecule has 82 valence electrons. The maximum absolute atomic E-state index is 8.68. The van der Waals surface area contributed by atoms with Crippen LogP contribution in [-0.2, 0) is 6.54 Å². The van der Waals surface area contributed by atoms with Gasteiger partial charge in [0.05, 0.1) is 5.56 Å². The Morgan fingerprint density at radius 1 is 1.60 bits per heavy atom. The van der Waals surface area contributed by atoms with Gasteiger partial charge in [0.1, 0.15) is 6.07 Å². The highest BCUT2D eigenvalue weighted by molar-refractivity contribution is 7.10. The van der Waals surface area contributed by atoms with Crippen LogP contribution in [0, 0.1) is 11.3 Å². The fourth-order valence-corrected chi connectivity index (χ4v) is 2.18. The van der Waals surface area contributed by atoms with Gasteiger partial charge in [-0.1, -0.05) is 19.8 Å². The van der Waals surface area contributed by atoms with Gasteiger partial charge in [0.2, 0.25) is 0 Å². The Morgan fingerprint density at radius 3 is 3.00 bits per heavy atom. The van der Waals surface area contributed by atoms with Gasteiger partial charge in [0.25, 0.3) is 0 Å². The van der Waals surface area contributed by atoms with Crippen LogP contribution in [0.25, 0.3) is 0 Å². The number of nitrogens with one attached hydrogen (secondary N) is 1. The van der Waals surface area contributed by atoms with E-state index in [-0.39, 0.29) is 0 Å². The molecule has 0 aliphatic rings. The number of nitrogens with zero attached hydrogens (tertiary/aromatic N) is 1. The van der Waals surface area contributed by atoms with Crippen molar-refractivity contribution in [2.75, 3.05) is 0 Å². The molecule has 1 N–H and O–H groups in total. The number of thiophene rings is 1. The minimum atomic E-state index is 0.567. The predicted molar refractivity (Wildman–Crippen MR) is 64.9 cm³/mol. The van der Waals surface area contributed by atoms with Gasteiger partial charge in [0, 0.05) is 22.8 Å². The quantitative estimate of drug-likeness (QED) is 0.801. The summed E-state index contributed by atoms with van der Waals surface area (Å²) in [5.41, 5.74) is 0.776. The number of nitriles is 1. The Balaban J connectivity index is 2.27. The molecule has 0 aliphatic carbocycles. The smallest absolute Gasteiger partial charge is 0.100 e. The van der Waals surface area contributed by atoms with Crippen molar-refractivity contribution < 1.29 is 0 Å². The van der Waals surface area contributed by atoms with Gasteiger partial charge in [-0.25, -0.2) is 0 Å². The average Bonchev–Trinajstić information content (AvgIpc) is 2.71. The lowest BCUT2D eigenvalue weighted by molar-refractivity contribution is 0.497. The fraction of sp³-hybridized carbons (Fsp3) is 0.583. The summed E-state index contributed by atoms with van der Waals surface area (Å²) < 4.78 is 0. The Bertz CT molecular complexity index is 325. The Morgan fingerprint density at radius 2 is 2.40 bits per heavy atom. The molecule has 1 aromatic heterocycles. The molecule has 0 bridgehead atoms. The molecular weight excluding hydrogens is 204 g/mol. The highest BCUT2D eigenvalue weighted by atomic mass is 32.1. The summed E-state index contributed by atoms with van der Waals surface area (Å²) in [7, 11) is 0. The third-order valence-electron chi connectivity index (χ3n) is 2.40. The van der Waals surface area contributed by atoms with Crippen LogP contribution in [0.1, 0.15) is 43.6 Å². The van der Waals surface area contributed by atoms with E-state index in [2.05, 4.69) is 25.2 Å². The zero-order valence-corrected chi connectivity index (χ0v) is 10.2. The summed E-state index contributed by atoms with van der Waals surface area (Å²) >= 11 is 1.65. The summed E-state index contributed by atoms with van der Waals surface area (Å²) in [6.45, 7) is 5.32. The van der Waals surface area contributed by atoms with Gasteiger partial charge in [0.15, 0.2) is 0 Å². The van der Waals surface area contributed by atoms with Crippen LogP contribution in [0.5, 0.6) is 0 Å². The molecule has 3 heteroatoms. The minimum Gasteiger partial charge on any atom is -0.309 e. The molecule has 1 aromatic rings. The van der Waals surface area contributed by atoms with Gasteiger partial charge in [-0.2, -0.15) is 5.26 Å². The van der Waals surface area contributed by atoms with E-state index in [1.54, 1.807) is 11.3 Å². The third kappa shape index (κ3) is 4.46. The van der Waals surface area contributed by atoms with E-state index in [9.17, 15) is 0 Å². The first kappa shape index (κ1) is 12.2. The van der Waals surface area contributed by atoms with Crippen LogP contribution in [0.3, 0.4) is 0 Å². The normalized spacial score (nSPS) is 12.3. The van der Waals surface area contributed by atoms with E-state index in [1.165, 1.54) is 24.1 Å². The van der Waals surface area contributed by atoms with Crippen LogP contribution < -0.4 is 5.32 Å². The second-order valence-electron chi connectivity index (χ2n) is 3.84. The fourth-order valence-electron chi connectivity index (χ4n) is 1.42. The molecular formula is C12H18N2S. The van der Waals surface area contributed by atoms with Gasteiger partial charge in [-0.3, -0.25) is 0 Å². The van der Waals surface area contributed by atoms with Gasteiger partial charge in [-0.15, -0.1) is 11.3 Å². The summed E-state index contributed by atoms with van der Waals surface area (Å²) in [5.74, 6) is 0. The van der Waals surface area contributed by atoms with Crippen LogP contribution in [0.4, 0.5) is 0 Å². The zero-order chi connectivity index (χ0) is 11.1. The molecule has 0 saturated heterocycles. The van der Waals surface area contributed by atoms with Crippen molar-refractivity contribution in [2.45, 2.75) is 45.7 Å². The van der Waals surface area contributed by atoms with Crippen LogP contribution in [0.2, 0.25) is 0 Å². The molecule has 1 heterocycles.